The van der Waals surface area contributed by atoms with E-state index in [1.165, 1.54) is 5.56 Å². The smallest absolute Gasteiger partial charge is 0.0390 e. The highest BCUT2D eigenvalue weighted by molar-refractivity contribution is 5.40. The van der Waals surface area contributed by atoms with Gasteiger partial charge in [0.25, 0.3) is 0 Å². The quantitative estimate of drug-likeness (QED) is 0.754. The van der Waals surface area contributed by atoms with E-state index in [1.807, 2.05) is 12.1 Å². The summed E-state index contributed by atoms with van der Waals surface area (Å²) in [5, 5.41) is 0. The fraction of sp³-hybridized carbons (Fsp3) is 0.538. The van der Waals surface area contributed by atoms with E-state index in [2.05, 4.69) is 51.9 Å². The summed E-state index contributed by atoms with van der Waals surface area (Å²) in [6.45, 7) is 6.77. The fourth-order valence-electron chi connectivity index (χ4n) is 2.25. The van der Waals surface area contributed by atoms with Crippen molar-refractivity contribution in [2.45, 2.75) is 26.8 Å². The SMILES string of the molecule is CN(C)C(c1ccc(N)cc1)C(C)(C)C. The van der Waals surface area contributed by atoms with Gasteiger partial charge in [-0.1, -0.05) is 32.9 Å². The zero-order chi connectivity index (χ0) is 11.6. The van der Waals surface area contributed by atoms with Crippen LogP contribution in [-0.2, 0) is 0 Å². The molecule has 0 aliphatic rings. The van der Waals surface area contributed by atoms with Gasteiger partial charge in [0.05, 0.1) is 0 Å². The Morgan fingerprint density at radius 3 is 1.87 bits per heavy atom. The molecule has 0 fully saturated rings. The maximum atomic E-state index is 5.70. The molecule has 0 saturated heterocycles. The molecule has 2 heteroatoms. The average molecular weight is 206 g/mol. The van der Waals surface area contributed by atoms with Crippen molar-refractivity contribution in [1.82, 2.24) is 4.90 Å². The Hall–Kier alpha value is -1.02. The van der Waals surface area contributed by atoms with Gasteiger partial charge in [-0.2, -0.15) is 0 Å². The maximum Gasteiger partial charge on any atom is 0.0390 e. The Morgan fingerprint density at radius 2 is 1.53 bits per heavy atom. The summed E-state index contributed by atoms with van der Waals surface area (Å²) in [4.78, 5) is 2.26. The van der Waals surface area contributed by atoms with Crippen LogP contribution in [-0.4, -0.2) is 19.0 Å². The second-order valence-corrected chi connectivity index (χ2v) is 5.40. The van der Waals surface area contributed by atoms with Crippen molar-refractivity contribution in [3.8, 4) is 0 Å². The van der Waals surface area contributed by atoms with Crippen LogP contribution in [0.1, 0.15) is 32.4 Å². The first kappa shape index (κ1) is 12.1. The highest BCUT2D eigenvalue weighted by Gasteiger charge is 2.27. The van der Waals surface area contributed by atoms with E-state index in [4.69, 9.17) is 5.73 Å². The van der Waals surface area contributed by atoms with Gasteiger partial charge < -0.3 is 10.6 Å². The molecule has 0 aliphatic carbocycles. The van der Waals surface area contributed by atoms with Gasteiger partial charge in [0, 0.05) is 11.7 Å². The summed E-state index contributed by atoms with van der Waals surface area (Å²) in [5.41, 5.74) is 8.07. The highest BCUT2D eigenvalue weighted by Crippen LogP contribution is 2.36. The van der Waals surface area contributed by atoms with Crippen LogP contribution in [0.4, 0.5) is 5.69 Å². The van der Waals surface area contributed by atoms with E-state index >= 15 is 0 Å². The third-order valence-electron chi connectivity index (χ3n) is 2.59. The zero-order valence-corrected chi connectivity index (χ0v) is 10.4. The predicted molar refractivity (Wildman–Crippen MR) is 66.7 cm³/mol. The normalized spacial score (nSPS) is 14.3. The van der Waals surface area contributed by atoms with Crippen molar-refractivity contribution in [1.29, 1.82) is 0 Å². The lowest BCUT2D eigenvalue weighted by Gasteiger charge is -2.36. The molecular formula is C13H22N2. The van der Waals surface area contributed by atoms with Crippen LogP contribution in [0.5, 0.6) is 0 Å². The minimum absolute atomic E-state index is 0.222. The van der Waals surface area contributed by atoms with Crippen LogP contribution in [0.15, 0.2) is 24.3 Å². The van der Waals surface area contributed by atoms with Gasteiger partial charge in [0.2, 0.25) is 0 Å². The number of hydrogen-bond acceptors (Lipinski definition) is 2. The number of hydrogen-bond donors (Lipinski definition) is 1. The van der Waals surface area contributed by atoms with Gasteiger partial charge in [-0.05, 0) is 37.2 Å². The Morgan fingerprint density at radius 1 is 1.07 bits per heavy atom. The van der Waals surface area contributed by atoms with Gasteiger partial charge >= 0.3 is 0 Å². The van der Waals surface area contributed by atoms with Crippen LogP contribution in [0.2, 0.25) is 0 Å². The predicted octanol–water partition coefficient (Wildman–Crippen LogP) is 2.92. The van der Waals surface area contributed by atoms with Crippen molar-refractivity contribution in [3.63, 3.8) is 0 Å². The van der Waals surface area contributed by atoms with Gasteiger partial charge in [-0.25, -0.2) is 0 Å². The van der Waals surface area contributed by atoms with Crippen molar-refractivity contribution in [3.05, 3.63) is 29.8 Å². The molecule has 0 aliphatic heterocycles. The molecule has 0 radical (unpaired) electrons. The molecule has 2 nitrogen and oxygen atoms in total. The minimum atomic E-state index is 0.222. The Balaban J connectivity index is 3.05. The van der Waals surface area contributed by atoms with E-state index in [0.29, 0.717) is 6.04 Å². The van der Waals surface area contributed by atoms with Gasteiger partial charge in [0.15, 0.2) is 0 Å². The first-order chi connectivity index (χ1) is 6.82. The van der Waals surface area contributed by atoms with E-state index in [0.717, 1.165) is 5.69 Å². The van der Waals surface area contributed by atoms with Crippen LogP contribution < -0.4 is 5.73 Å². The van der Waals surface area contributed by atoms with Gasteiger partial charge in [-0.3, -0.25) is 0 Å². The number of nitrogens with two attached hydrogens (primary N) is 1. The summed E-state index contributed by atoms with van der Waals surface area (Å²) >= 11 is 0. The second kappa shape index (κ2) is 4.23. The van der Waals surface area contributed by atoms with Crippen molar-refractivity contribution < 1.29 is 0 Å². The highest BCUT2D eigenvalue weighted by atomic mass is 15.1. The fourth-order valence-corrected chi connectivity index (χ4v) is 2.25. The first-order valence-corrected chi connectivity index (χ1v) is 5.34. The van der Waals surface area contributed by atoms with E-state index < -0.39 is 0 Å². The number of rotatable bonds is 2. The summed E-state index contributed by atoms with van der Waals surface area (Å²) in [7, 11) is 4.23. The number of anilines is 1. The summed E-state index contributed by atoms with van der Waals surface area (Å²) < 4.78 is 0. The Bertz CT molecular complexity index is 306. The number of benzene rings is 1. The molecule has 15 heavy (non-hydrogen) atoms. The van der Waals surface area contributed by atoms with Crippen molar-refractivity contribution in [2.75, 3.05) is 19.8 Å². The third kappa shape index (κ3) is 2.96. The molecule has 0 aromatic heterocycles. The molecule has 0 amide bonds. The molecule has 1 aromatic rings. The average Bonchev–Trinajstić information content (AvgIpc) is 2.05. The standard InChI is InChI=1S/C13H22N2/c1-13(2,3)12(15(4)5)10-6-8-11(14)9-7-10/h6-9,12H,14H2,1-5H3. The molecule has 1 atom stereocenters. The first-order valence-electron chi connectivity index (χ1n) is 5.34. The van der Waals surface area contributed by atoms with E-state index in [1.54, 1.807) is 0 Å². The molecule has 1 aromatic carbocycles. The lowest BCUT2D eigenvalue weighted by molar-refractivity contribution is 0.154. The number of nitrogen functional groups attached to an aromatic ring is 1. The van der Waals surface area contributed by atoms with Gasteiger partial charge in [0.1, 0.15) is 0 Å². The molecule has 2 N–H and O–H groups in total. The molecule has 0 spiro atoms. The molecule has 0 bridgehead atoms. The molecule has 1 unspecified atom stereocenters. The zero-order valence-electron chi connectivity index (χ0n) is 10.4. The Labute approximate surface area is 93.1 Å². The largest absolute Gasteiger partial charge is 0.399 e. The molecular weight excluding hydrogens is 184 g/mol. The van der Waals surface area contributed by atoms with Crippen molar-refractivity contribution in [2.24, 2.45) is 5.41 Å². The molecule has 1 rings (SSSR count). The van der Waals surface area contributed by atoms with E-state index in [9.17, 15) is 0 Å². The van der Waals surface area contributed by atoms with Crippen LogP contribution in [0.3, 0.4) is 0 Å². The third-order valence-corrected chi connectivity index (χ3v) is 2.59. The topological polar surface area (TPSA) is 29.3 Å². The lowest BCUT2D eigenvalue weighted by Crippen LogP contribution is -2.31. The summed E-state index contributed by atoms with van der Waals surface area (Å²) in [6.07, 6.45) is 0. The summed E-state index contributed by atoms with van der Waals surface area (Å²) in [5.74, 6) is 0. The maximum absolute atomic E-state index is 5.70. The van der Waals surface area contributed by atoms with Crippen molar-refractivity contribution >= 4 is 5.69 Å². The Kier molecular flexibility index (Phi) is 3.40. The second-order valence-electron chi connectivity index (χ2n) is 5.40. The van der Waals surface area contributed by atoms with Crippen LogP contribution in [0.25, 0.3) is 0 Å². The minimum Gasteiger partial charge on any atom is -0.399 e. The van der Waals surface area contributed by atoms with Crippen LogP contribution >= 0.6 is 0 Å². The molecule has 84 valence electrons. The van der Waals surface area contributed by atoms with Crippen LogP contribution in [0, 0.1) is 5.41 Å². The lowest BCUT2D eigenvalue weighted by atomic mass is 9.81. The monoisotopic (exact) mass is 206 g/mol. The molecule has 0 heterocycles. The van der Waals surface area contributed by atoms with E-state index in [-0.39, 0.29) is 5.41 Å². The van der Waals surface area contributed by atoms with Gasteiger partial charge in [-0.15, -0.1) is 0 Å². The number of nitrogens with zero attached hydrogens (tertiary/aromatic N) is 1. The summed E-state index contributed by atoms with van der Waals surface area (Å²) in [6, 6.07) is 8.59. The molecule has 0 saturated carbocycles.